The first kappa shape index (κ1) is 76.5. The van der Waals surface area contributed by atoms with Crippen LogP contribution in [0.15, 0.2) is 0 Å². The molecule has 0 aromatic rings. The topological polar surface area (TPSA) is 683 Å². The van der Waals surface area contributed by atoms with Gasteiger partial charge in [-0.15, -0.1) is 0 Å². The Morgan fingerprint density at radius 2 is 0.372 bits per heavy atom. The molecule has 9 saturated heterocycles. The first-order valence-corrected chi connectivity index (χ1v) is 29.9. The minimum absolute atomic E-state index is 0.649. The maximum Gasteiger partial charge on any atom is 0.187 e. The fourth-order valence-corrected chi connectivity index (χ4v) is 11.7. The van der Waals surface area contributed by atoms with E-state index in [4.69, 9.17) is 80.5 Å². The van der Waals surface area contributed by atoms with Crippen LogP contribution in [-0.2, 0) is 80.5 Å². The number of ether oxygens (including phenoxy) is 17. The molecule has 0 bridgehead atoms. The molecule has 9 aliphatic rings. The molecule has 9 heterocycles. The Kier molecular flexibility index (Phi) is 26.8. The highest BCUT2D eigenvalue weighted by Gasteiger charge is 2.57. The van der Waals surface area contributed by atoms with Gasteiger partial charge < -0.3 is 213 Å². The van der Waals surface area contributed by atoms with Gasteiger partial charge >= 0.3 is 0 Å². The van der Waals surface area contributed by atoms with Crippen molar-refractivity contribution < 1.29 is 213 Å². The third kappa shape index (κ3) is 16.3. The predicted molar refractivity (Wildman–Crippen MR) is 279 cm³/mol. The lowest BCUT2D eigenvalue weighted by Gasteiger charge is -2.46. The molecule has 43 nitrogen and oxygen atoms in total. The van der Waals surface area contributed by atoms with E-state index in [-0.39, 0.29) is 0 Å². The zero-order chi connectivity index (χ0) is 68.6. The van der Waals surface area contributed by atoms with Gasteiger partial charge in [0, 0.05) is 0 Å². The summed E-state index contributed by atoms with van der Waals surface area (Å²) in [5, 5.41) is 276. The van der Waals surface area contributed by atoms with Crippen molar-refractivity contribution in [3.05, 3.63) is 0 Å². The quantitative estimate of drug-likeness (QED) is 0.0404. The Bertz CT molecular complexity index is 2290. The van der Waals surface area contributed by atoms with E-state index in [0.717, 1.165) is 0 Å². The van der Waals surface area contributed by atoms with E-state index >= 15 is 0 Å². The van der Waals surface area contributed by atoms with Gasteiger partial charge in [-0.05, 0) is 0 Å². The highest BCUT2D eigenvalue weighted by atomic mass is 16.8. The molecule has 548 valence electrons. The van der Waals surface area contributed by atoms with Gasteiger partial charge in [-0.3, -0.25) is 0 Å². The first-order chi connectivity index (χ1) is 44.5. The van der Waals surface area contributed by atoms with Gasteiger partial charge in [0.15, 0.2) is 56.6 Å². The van der Waals surface area contributed by atoms with Crippen LogP contribution in [0.1, 0.15) is 0 Å². The monoisotopic (exact) mass is 1390 g/mol. The molecular weight excluding hydrogens is 1300 g/mol. The Morgan fingerprint density at radius 1 is 0.181 bits per heavy atom. The Balaban J connectivity index is 0.834. The van der Waals surface area contributed by atoms with Gasteiger partial charge in [0.2, 0.25) is 0 Å². The van der Waals surface area contributed by atoms with E-state index in [0.29, 0.717) is 0 Å². The minimum Gasteiger partial charge on any atom is -0.394 e. The highest BCUT2D eigenvalue weighted by Crippen LogP contribution is 2.36. The van der Waals surface area contributed by atoms with Crippen LogP contribution in [0.4, 0.5) is 0 Å². The molecular formula is C51H86O43. The molecule has 0 unspecified atom stereocenters. The molecule has 26 N–H and O–H groups in total. The number of hydrogen-bond donors (Lipinski definition) is 26. The van der Waals surface area contributed by atoms with Crippen molar-refractivity contribution in [2.45, 2.75) is 258 Å². The molecule has 42 atom stereocenters. The largest absolute Gasteiger partial charge is 0.394 e. The molecule has 0 radical (unpaired) electrons. The molecule has 0 amide bonds. The molecule has 9 fully saturated rings. The number of aliphatic hydroxyl groups is 26. The van der Waals surface area contributed by atoms with Gasteiger partial charge in [0.1, 0.15) is 201 Å². The second-order valence-corrected chi connectivity index (χ2v) is 24.0. The summed E-state index contributed by atoms with van der Waals surface area (Å²) in [5.74, 6) is 0. The lowest BCUT2D eigenvalue weighted by molar-refractivity contribution is -0.364. The Hall–Kier alpha value is -1.72. The smallest absolute Gasteiger partial charge is 0.187 e. The molecule has 0 aromatic carbocycles. The normalized spacial score (nSPS) is 53.6. The first-order valence-electron chi connectivity index (χ1n) is 29.9. The number of rotatable bonds is 25. The number of hydrogen-bond acceptors (Lipinski definition) is 43. The average molecular weight is 1390 g/mol. The summed E-state index contributed by atoms with van der Waals surface area (Å²) in [7, 11) is 0. The lowest BCUT2D eigenvalue weighted by atomic mass is 9.97. The third-order valence-corrected chi connectivity index (χ3v) is 17.6. The summed E-state index contributed by atoms with van der Waals surface area (Å²) < 4.78 is 95.3. The standard InChI is InChI=1S/C51H86O43/c52-1-10-19(55)29(65)38(74)45(85-10)79-6-16-25(61)32(68)41(93-48-36(72)21(57)12(3-54)87-48)51(92-16)83-9-15-24(60)31(67)40(76)46(89-15)80-5-14-23(59)30(66)39(75)47(88-14)81-7-17-26(62)33(69)42(50(91-17)82-4-13-22(58)28(64)34(70)43(77)84-13)94-49-37(73)27(63)18(90-49)8-78-44-35(71)20(56)11(2-53)86-44/h10-77H,1-9H2/t10-,11+,12+,13-,14-,15-,16-,17-,18+,19+,20+,21+,22+,23+,24+,25+,26+,27+,28+,29+,30+,31+,32+,33+,34-,35-,36-,37-,38-,39-,40-,41-,42-,43+,44-,45-,46-,47-,48+,49+,50-,51-/m1/s1. The Morgan fingerprint density at radius 3 is 0.691 bits per heavy atom. The molecule has 0 spiro atoms. The molecule has 9 rings (SSSR count). The van der Waals surface area contributed by atoms with Gasteiger partial charge in [-0.1, -0.05) is 0 Å². The fraction of sp³-hybridized carbons (Fsp3) is 1.00. The second kappa shape index (κ2) is 32.9. The van der Waals surface area contributed by atoms with Crippen molar-refractivity contribution in [1.29, 1.82) is 0 Å². The molecule has 0 aromatic heterocycles. The molecule has 9 aliphatic heterocycles. The van der Waals surface area contributed by atoms with Crippen molar-refractivity contribution in [2.75, 3.05) is 59.5 Å². The SMILES string of the molecule is OC[C@@H]1O[C@@H](OC[C@@H]2O[C@@H](O[C@H]3[C@H](OC[C@H]4O[C@H](O)[C@H](O)[C@@H](O)[C@H]4O)O[C@H](CO[C@@H]4O[C@H](CO[C@@H]5O[C@H](CO[C@@H]6O[C@H](CO[C@@H]7O[C@H](CO)[C@H](O)[C@H](O)[C@H]7O)[C@H](O)[C@H](O)[C@H]6O[C@@H]6O[C@@H](CO)[C@H](O)[C@H]6O)[C@H](O)[C@H](O)[C@H]5O)[C@H](O)[C@H](O)[C@H]4O)[C@H](O)[C@@H]3O)[C@H](O)[C@H]2O)[C@H](O)[C@H]1O. The highest BCUT2D eigenvalue weighted by molar-refractivity contribution is 4.99. The second-order valence-electron chi connectivity index (χ2n) is 24.0. The van der Waals surface area contributed by atoms with Crippen LogP contribution in [-0.4, -0.2) is 450 Å². The molecule has 0 saturated carbocycles. The maximum atomic E-state index is 11.6. The summed E-state index contributed by atoms with van der Waals surface area (Å²) in [6.45, 7) is -7.48. The van der Waals surface area contributed by atoms with Crippen molar-refractivity contribution in [3.63, 3.8) is 0 Å². The van der Waals surface area contributed by atoms with Crippen molar-refractivity contribution in [1.82, 2.24) is 0 Å². The Labute approximate surface area is 530 Å². The molecule has 0 aliphatic carbocycles. The van der Waals surface area contributed by atoms with Crippen LogP contribution in [0.5, 0.6) is 0 Å². The lowest BCUT2D eigenvalue weighted by Crippen LogP contribution is -2.64. The maximum absolute atomic E-state index is 11.6. The molecule has 43 heteroatoms. The van der Waals surface area contributed by atoms with Crippen LogP contribution >= 0.6 is 0 Å². The third-order valence-electron chi connectivity index (χ3n) is 17.6. The van der Waals surface area contributed by atoms with Crippen molar-refractivity contribution in [3.8, 4) is 0 Å². The molecule has 94 heavy (non-hydrogen) atoms. The summed E-state index contributed by atoms with van der Waals surface area (Å²) >= 11 is 0. The number of aliphatic hydroxyl groups excluding tert-OH is 26. The summed E-state index contributed by atoms with van der Waals surface area (Å²) in [4.78, 5) is 0. The van der Waals surface area contributed by atoms with E-state index in [1.54, 1.807) is 0 Å². The van der Waals surface area contributed by atoms with Crippen molar-refractivity contribution in [2.24, 2.45) is 0 Å². The van der Waals surface area contributed by atoms with Crippen LogP contribution in [0.2, 0.25) is 0 Å². The van der Waals surface area contributed by atoms with Gasteiger partial charge in [-0.2, -0.15) is 0 Å². The predicted octanol–water partition coefficient (Wildman–Crippen LogP) is -18.7. The zero-order valence-corrected chi connectivity index (χ0v) is 49.2. The average Bonchev–Trinajstić information content (AvgIpc) is 1.18. The van der Waals surface area contributed by atoms with Crippen LogP contribution in [0.25, 0.3) is 0 Å². The van der Waals surface area contributed by atoms with Gasteiger partial charge in [-0.25, -0.2) is 0 Å². The van der Waals surface area contributed by atoms with Crippen LogP contribution < -0.4 is 0 Å². The van der Waals surface area contributed by atoms with Gasteiger partial charge in [0.25, 0.3) is 0 Å². The summed E-state index contributed by atoms with van der Waals surface area (Å²) in [6.07, 6.45) is -78.5. The van der Waals surface area contributed by atoms with E-state index in [2.05, 4.69) is 0 Å². The summed E-state index contributed by atoms with van der Waals surface area (Å²) in [6, 6.07) is 0. The van der Waals surface area contributed by atoms with E-state index < -0.39 is 318 Å². The van der Waals surface area contributed by atoms with E-state index in [1.807, 2.05) is 0 Å². The van der Waals surface area contributed by atoms with Crippen LogP contribution in [0.3, 0.4) is 0 Å². The minimum atomic E-state index is -2.18. The van der Waals surface area contributed by atoms with Crippen LogP contribution in [0, 0.1) is 0 Å². The summed E-state index contributed by atoms with van der Waals surface area (Å²) in [5.41, 5.74) is 0. The van der Waals surface area contributed by atoms with E-state index in [1.165, 1.54) is 0 Å². The van der Waals surface area contributed by atoms with E-state index in [9.17, 15) is 133 Å². The fourth-order valence-electron chi connectivity index (χ4n) is 11.7. The van der Waals surface area contributed by atoms with Gasteiger partial charge in [0.05, 0.1) is 59.5 Å². The van der Waals surface area contributed by atoms with Crippen molar-refractivity contribution >= 4 is 0 Å². The zero-order valence-electron chi connectivity index (χ0n) is 49.2.